The van der Waals surface area contributed by atoms with Crippen molar-refractivity contribution in [2.45, 2.75) is 25.9 Å². The van der Waals surface area contributed by atoms with E-state index in [1.54, 1.807) is 26.2 Å². The van der Waals surface area contributed by atoms with E-state index >= 15 is 0 Å². The normalized spacial score (nSPS) is 17.0. The van der Waals surface area contributed by atoms with E-state index in [4.69, 9.17) is 21.1 Å². The quantitative estimate of drug-likeness (QED) is 0.384. The number of esters is 1. The van der Waals surface area contributed by atoms with Crippen LogP contribution in [-0.4, -0.2) is 42.3 Å². The number of carbonyl (C=O) groups excluding carboxylic acids is 2. The Bertz CT molecular complexity index is 1180. The van der Waals surface area contributed by atoms with Crippen LogP contribution in [0, 0.1) is 0 Å². The second-order valence-corrected chi connectivity index (χ2v) is 9.29. The summed E-state index contributed by atoms with van der Waals surface area (Å²) in [6, 6.07) is 16.6. The van der Waals surface area contributed by atoms with Gasteiger partial charge in [0.1, 0.15) is 6.61 Å². The molecule has 1 atom stereocenters. The van der Waals surface area contributed by atoms with Gasteiger partial charge in [0.2, 0.25) is 5.91 Å². The highest BCUT2D eigenvalue weighted by molar-refractivity contribution is 8.16. The van der Waals surface area contributed by atoms with Crippen molar-refractivity contribution in [2.24, 2.45) is 4.99 Å². The number of fused-ring (bicyclic) bond motifs is 1. The number of aliphatic imine (C=N–C) groups is 1. The number of benzene rings is 2. The van der Waals surface area contributed by atoms with Crippen molar-refractivity contribution >= 4 is 40.4 Å². The van der Waals surface area contributed by atoms with Gasteiger partial charge in [0.15, 0.2) is 5.17 Å². The molecule has 2 aromatic carbocycles. The molecule has 1 amide bonds. The van der Waals surface area contributed by atoms with Crippen LogP contribution >= 0.6 is 23.4 Å². The fourth-order valence-electron chi connectivity index (χ4n) is 3.91. The molecule has 2 aliphatic rings. The van der Waals surface area contributed by atoms with Crippen molar-refractivity contribution in [3.63, 3.8) is 0 Å². The number of nitrogens with one attached hydrogen (secondary N) is 1. The summed E-state index contributed by atoms with van der Waals surface area (Å²) in [7, 11) is 1.55. The fourth-order valence-corrected chi connectivity index (χ4v) is 5.00. The smallest absolute Gasteiger partial charge is 0.338 e. The molecule has 2 heterocycles. The van der Waals surface area contributed by atoms with Crippen LogP contribution in [0.1, 0.15) is 30.5 Å². The van der Waals surface area contributed by atoms with Gasteiger partial charge < -0.3 is 19.7 Å². The van der Waals surface area contributed by atoms with Crippen molar-refractivity contribution in [3.8, 4) is 0 Å². The standard InChI is InChI=1S/C26H26ClN3O4S/c1-17-23(25(32)34-13-12-33-2)24(19-8-10-20(27)11-9-19)30-21(16-35-26(30)29-17)14-22(31)28-15-18-6-4-3-5-7-18/h3-11,16,24H,12-15H2,1-2H3,(H,28,31). The number of amides is 1. The number of nitrogens with zero attached hydrogens (tertiary/aromatic N) is 2. The predicted octanol–water partition coefficient (Wildman–Crippen LogP) is 4.81. The minimum absolute atomic E-state index is 0.118. The SMILES string of the molecule is COCCOC(=O)C1=C(C)N=C2SC=C(CC(=O)NCc3ccccc3)N2C1c1ccc(Cl)cc1. The monoisotopic (exact) mass is 511 g/mol. The van der Waals surface area contributed by atoms with E-state index in [1.165, 1.54) is 11.8 Å². The highest BCUT2D eigenvalue weighted by Gasteiger charge is 2.41. The molecule has 0 aliphatic carbocycles. The highest BCUT2D eigenvalue weighted by Crippen LogP contribution is 2.44. The maximum atomic E-state index is 13.1. The molecule has 2 aromatic rings. The summed E-state index contributed by atoms with van der Waals surface area (Å²) in [6.45, 7) is 2.67. The van der Waals surface area contributed by atoms with Crippen LogP contribution in [-0.2, 0) is 25.6 Å². The zero-order chi connectivity index (χ0) is 24.8. The number of carbonyl (C=O) groups is 2. The lowest BCUT2D eigenvalue weighted by Gasteiger charge is -2.36. The second-order valence-electron chi connectivity index (χ2n) is 8.01. The van der Waals surface area contributed by atoms with Gasteiger partial charge >= 0.3 is 5.97 Å². The number of methoxy groups -OCH3 is 1. The first-order valence-electron chi connectivity index (χ1n) is 11.1. The number of hydrogen-bond acceptors (Lipinski definition) is 7. The lowest BCUT2D eigenvalue weighted by Crippen LogP contribution is -2.38. The summed E-state index contributed by atoms with van der Waals surface area (Å²) in [5.74, 6) is -0.584. The molecule has 0 spiro atoms. The van der Waals surface area contributed by atoms with Crippen LogP contribution in [0.15, 0.2) is 82.0 Å². The minimum Gasteiger partial charge on any atom is -0.460 e. The molecule has 7 nitrogen and oxygen atoms in total. The van der Waals surface area contributed by atoms with Gasteiger partial charge in [-0.3, -0.25) is 4.79 Å². The van der Waals surface area contributed by atoms with Crippen LogP contribution in [0.25, 0.3) is 0 Å². The highest BCUT2D eigenvalue weighted by atomic mass is 35.5. The second kappa shape index (κ2) is 11.6. The molecule has 182 valence electrons. The first-order chi connectivity index (χ1) is 17.0. The van der Waals surface area contributed by atoms with E-state index in [9.17, 15) is 9.59 Å². The Hall–Kier alpha value is -3.07. The van der Waals surface area contributed by atoms with E-state index in [0.717, 1.165) is 16.8 Å². The van der Waals surface area contributed by atoms with E-state index in [1.807, 2.05) is 52.8 Å². The van der Waals surface area contributed by atoms with Crippen molar-refractivity contribution in [3.05, 3.63) is 93.1 Å². The van der Waals surface area contributed by atoms with Gasteiger partial charge in [-0.05, 0) is 35.6 Å². The molecule has 2 aliphatic heterocycles. The Kier molecular flexibility index (Phi) is 8.28. The third-order valence-corrected chi connectivity index (χ3v) is 6.74. The molecule has 9 heteroatoms. The Morgan fingerprint density at radius 2 is 1.86 bits per heavy atom. The maximum Gasteiger partial charge on any atom is 0.338 e. The topological polar surface area (TPSA) is 80.2 Å². The summed E-state index contributed by atoms with van der Waals surface area (Å²) in [4.78, 5) is 32.6. The molecule has 0 fully saturated rings. The van der Waals surface area contributed by atoms with Gasteiger partial charge in [0.25, 0.3) is 0 Å². The lowest BCUT2D eigenvalue weighted by atomic mass is 9.94. The summed E-state index contributed by atoms with van der Waals surface area (Å²) in [6.07, 6.45) is 0.147. The zero-order valence-electron chi connectivity index (χ0n) is 19.5. The molecule has 0 aromatic heterocycles. The molecular weight excluding hydrogens is 486 g/mol. The Morgan fingerprint density at radius 3 is 2.57 bits per heavy atom. The summed E-state index contributed by atoms with van der Waals surface area (Å²) in [5, 5.41) is 6.19. The molecule has 0 radical (unpaired) electrons. The number of thioether (sulfide) groups is 1. The third-order valence-electron chi connectivity index (χ3n) is 5.60. The van der Waals surface area contributed by atoms with Gasteiger partial charge in [-0.2, -0.15) is 0 Å². The Morgan fingerprint density at radius 1 is 1.11 bits per heavy atom. The van der Waals surface area contributed by atoms with Crippen molar-refractivity contribution in [2.75, 3.05) is 20.3 Å². The van der Waals surface area contributed by atoms with Gasteiger partial charge in [-0.1, -0.05) is 65.8 Å². The van der Waals surface area contributed by atoms with Crippen LogP contribution < -0.4 is 5.32 Å². The van der Waals surface area contributed by atoms with Crippen molar-refractivity contribution in [1.82, 2.24) is 10.2 Å². The predicted molar refractivity (Wildman–Crippen MR) is 138 cm³/mol. The molecular formula is C26H26ClN3O4S. The molecule has 4 rings (SSSR count). The van der Waals surface area contributed by atoms with Gasteiger partial charge in [0.05, 0.1) is 30.3 Å². The molecule has 0 saturated heterocycles. The van der Waals surface area contributed by atoms with E-state index in [0.29, 0.717) is 34.6 Å². The van der Waals surface area contributed by atoms with Crippen LogP contribution in [0.5, 0.6) is 0 Å². The number of allylic oxidation sites excluding steroid dienone is 1. The molecule has 0 saturated carbocycles. The fraction of sp³-hybridized carbons (Fsp3) is 0.269. The van der Waals surface area contributed by atoms with E-state index in [2.05, 4.69) is 10.3 Å². The first kappa shape index (κ1) is 25.0. The molecule has 1 unspecified atom stereocenters. The summed E-state index contributed by atoms with van der Waals surface area (Å²) in [5.41, 5.74) is 3.63. The average molecular weight is 512 g/mol. The molecule has 0 bridgehead atoms. The van der Waals surface area contributed by atoms with E-state index < -0.39 is 12.0 Å². The Balaban J connectivity index is 1.59. The van der Waals surface area contributed by atoms with Crippen molar-refractivity contribution < 1.29 is 19.1 Å². The summed E-state index contributed by atoms with van der Waals surface area (Å²) >= 11 is 7.57. The number of halogens is 1. The Labute approximate surface area is 213 Å². The zero-order valence-corrected chi connectivity index (χ0v) is 21.1. The van der Waals surface area contributed by atoms with Crippen LogP contribution in [0.3, 0.4) is 0 Å². The average Bonchev–Trinajstić information content (AvgIpc) is 3.25. The van der Waals surface area contributed by atoms with Gasteiger partial charge in [-0.25, -0.2) is 9.79 Å². The maximum absolute atomic E-state index is 13.1. The molecule has 35 heavy (non-hydrogen) atoms. The number of hydrogen-bond donors (Lipinski definition) is 1. The van der Waals surface area contributed by atoms with Gasteiger partial charge in [0, 0.05) is 24.4 Å². The summed E-state index contributed by atoms with van der Waals surface area (Å²) < 4.78 is 10.5. The van der Waals surface area contributed by atoms with Crippen LogP contribution in [0.2, 0.25) is 5.02 Å². The van der Waals surface area contributed by atoms with Crippen LogP contribution in [0.4, 0.5) is 0 Å². The molecule has 1 N–H and O–H groups in total. The van der Waals surface area contributed by atoms with Gasteiger partial charge in [-0.15, -0.1) is 0 Å². The van der Waals surface area contributed by atoms with Crippen molar-refractivity contribution in [1.29, 1.82) is 0 Å². The number of ether oxygens (including phenoxy) is 2. The minimum atomic E-state index is -0.502. The number of amidine groups is 1. The third kappa shape index (κ3) is 5.96. The first-order valence-corrected chi connectivity index (χ1v) is 12.4. The number of rotatable bonds is 9. The van der Waals surface area contributed by atoms with E-state index in [-0.39, 0.29) is 18.9 Å². The largest absolute Gasteiger partial charge is 0.460 e. The lowest BCUT2D eigenvalue weighted by molar-refractivity contribution is -0.141.